The molecule has 1 unspecified atom stereocenters. The van der Waals surface area contributed by atoms with Crippen molar-refractivity contribution in [2.24, 2.45) is 0 Å². The normalized spacial score (nSPS) is 14.3. The van der Waals surface area contributed by atoms with E-state index in [1.54, 1.807) is 12.1 Å². The summed E-state index contributed by atoms with van der Waals surface area (Å²) in [7, 11) is 0. The monoisotopic (exact) mass is 439 g/mol. The third kappa shape index (κ3) is 5.89. The molecule has 168 valence electrons. The summed E-state index contributed by atoms with van der Waals surface area (Å²) in [5, 5.41) is 6.00. The van der Waals surface area contributed by atoms with Gasteiger partial charge in [0.15, 0.2) is 0 Å². The third-order valence-corrected chi connectivity index (χ3v) is 5.83. The molecular weight excluding hydrogens is 410 g/mol. The molecule has 0 saturated carbocycles. The van der Waals surface area contributed by atoms with E-state index in [9.17, 15) is 9.59 Å². The number of hydrogen-bond donors (Lipinski definition) is 2. The molecule has 1 aliphatic heterocycles. The predicted molar refractivity (Wildman–Crippen MR) is 134 cm³/mol. The standard InChI is InChI=1S/C28H29N3O2/c1-21(23-12-6-3-7-13-23)29-28(33)25-20-24(15-16-26(25)31-18-8-9-19-31)30-27(32)17-14-22-10-4-2-5-11-22/h2-7,10-17,20-21H,8-9,18-19H2,1H3,(H,29,33)(H,30,32). The van der Waals surface area contributed by atoms with Crippen LogP contribution in [0.4, 0.5) is 11.4 Å². The Morgan fingerprint density at radius 1 is 0.909 bits per heavy atom. The number of benzene rings is 3. The minimum Gasteiger partial charge on any atom is -0.371 e. The van der Waals surface area contributed by atoms with Crippen LogP contribution in [0.15, 0.2) is 84.9 Å². The number of anilines is 2. The minimum atomic E-state index is -0.239. The lowest BCUT2D eigenvalue weighted by Crippen LogP contribution is -2.29. The molecule has 3 aromatic rings. The molecule has 0 bridgehead atoms. The van der Waals surface area contributed by atoms with Gasteiger partial charge in [0.05, 0.1) is 11.6 Å². The van der Waals surface area contributed by atoms with Gasteiger partial charge in [0.2, 0.25) is 5.91 Å². The lowest BCUT2D eigenvalue weighted by atomic mass is 10.1. The van der Waals surface area contributed by atoms with Crippen LogP contribution in [0.3, 0.4) is 0 Å². The van der Waals surface area contributed by atoms with Crippen molar-refractivity contribution in [3.05, 3.63) is 102 Å². The van der Waals surface area contributed by atoms with Crippen LogP contribution in [0.25, 0.3) is 6.08 Å². The minimum absolute atomic E-state index is 0.128. The average Bonchev–Trinajstić information content (AvgIpc) is 3.39. The van der Waals surface area contributed by atoms with Crippen LogP contribution in [-0.4, -0.2) is 24.9 Å². The van der Waals surface area contributed by atoms with Crippen LogP contribution < -0.4 is 15.5 Å². The Hall–Kier alpha value is -3.86. The van der Waals surface area contributed by atoms with E-state index in [1.165, 1.54) is 6.08 Å². The van der Waals surface area contributed by atoms with E-state index < -0.39 is 0 Å². The van der Waals surface area contributed by atoms with Crippen molar-refractivity contribution < 1.29 is 9.59 Å². The van der Waals surface area contributed by atoms with Crippen molar-refractivity contribution in [2.75, 3.05) is 23.3 Å². The Kier molecular flexibility index (Phi) is 7.20. The Morgan fingerprint density at radius 3 is 2.27 bits per heavy atom. The molecule has 0 aromatic heterocycles. The Bertz CT molecular complexity index is 1120. The van der Waals surface area contributed by atoms with Crippen LogP contribution in [0.2, 0.25) is 0 Å². The van der Waals surface area contributed by atoms with Crippen LogP contribution in [0, 0.1) is 0 Å². The van der Waals surface area contributed by atoms with E-state index in [0.717, 1.165) is 42.7 Å². The number of nitrogens with zero attached hydrogens (tertiary/aromatic N) is 1. The highest BCUT2D eigenvalue weighted by molar-refractivity contribution is 6.05. The van der Waals surface area contributed by atoms with Crippen LogP contribution in [0.5, 0.6) is 0 Å². The largest absolute Gasteiger partial charge is 0.371 e. The van der Waals surface area contributed by atoms with Crippen LogP contribution >= 0.6 is 0 Å². The molecule has 33 heavy (non-hydrogen) atoms. The fourth-order valence-corrected chi connectivity index (χ4v) is 4.05. The highest BCUT2D eigenvalue weighted by Gasteiger charge is 2.21. The van der Waals surface area contributed by atoms with Gasteiger partial charge in [-0.15, -0.1) is 0 Å². The number of carbonyl (C=O) groups excluding carboxylic acids is 2. The van der Waals surface area contributed by atoms with Crippen LogP contribution in [0.1, 0.15) is 47.3 Å². The molecular formula is C28H29N3O2. The SMILES string of the molecule is CC(NC(=O)c1cc(NC(=O)C=Cc2ccccc2)ccc1N1CCCC1)c1ccccc1. The average molecular weight is 440 g/mol. The molecule has 2 N–H and O–H groups in total. The first-order valence-corrected chi connectivity index (χ1v) is 11.4. The van der Waals surface area contributed by atoms with Gasteiger partial charge in [0.25, 0.3) is 5.91 Å². The second-order valence-electron chi connectivity index (χ2n) is 8.27. The maximum Gasteiger partial charge on any atom is 0.253 e. The highest BCUT2D eigenvalue weighted by atomic mass is 16.2. The van der Waals surface area contributed by atoms with E-state index in [1.807, 2.05) is 79.7 Å². The fourth-order valence-electron chi connectivity index (χ4n) is 4.05. The van der Waals surface area contributed by atoms with Crippen molar-refractivity contribution >= 4 is 29.3 Å². The molecule has 1 atom stereocenters. The van der Waals surface area contributed by atoms with E-state index in [2.05, 4.69) is 15.5 Å². The van der Waals surface area contributed by atoms with Gasteiger partial charge in [-0.05, 0) is 55.2 Å². The molecule has 1 heterocycles. The van der Waals surface area contributed by atoms with Gasteiger partial charge in [-0.25, -0.2) is 0 Å². The summed E-state index contributed by atoms with van der Waals surface area (Å²) >= 11 is 0. The first kappa shape index (κ1) is 22.3. The van der Waals surface area contributed by atoms with Crippen molar-refractivity contribution in [1.29, 1.82) is 0 Å². The lowest BCUT2D eigenvalue weighted by Gasteiger charge is -2.23. The molecule has 1 fully saturated rings. The number of hydrogen-bond acceptors (Lipinski definition) is 3. The first-order chi connectivity index (χ1) is 16.1. The van der Waals surface area contributed by atoms with Crippen molar-refractivity contribution in [1.82, 2.24) is 5.32 Å². The summed E-state index contributed by atoms with van der Waals surface area (Å²) < 4.78 is 0. The molecule has 1 saturated heterocycles. The van der Waals surface area contributed by atoms with Gasteiger partial charge in [0, 0.05) is 30.5 Å². The zero-order chi connectivity index (χ0) is 23.0. The molecule has 3 aromatic carbocycles. The first-order valence-electron chi connectivity index (χ1n) is 11.4. The van der Waals surface area contributed by atoms with Gasteiger partial charge in [-0.2, -0.15) is 0 Å². The topological polar surface area (TPSA) is 61.4 Å². The molecule has 1 aliphatic rings. The van der Waals surface area contributed by atoms with Gasteiger partial charge in [-0.1, -0.05) is 60.7 Å². The summed E-state index contributed by atoms with van der Waals surface area (Å²) in [6, 6.07) is 25.0. The molecule has 0 aliphatic carbocycles. The summed E-state index contributed by atoms with van der Waals surface area (Å²) in [5.41, 5.74) is 4.07. The molecule has 0 radical (unpaired) electrons. The summed E-state index contributed by atoms with van der Waals surface area (Å²) in [4.78, 5) is 28.0. The molecule has 5 nitrogen and oxygen atoms in total. The molecule has 2 amide bonds. The second-order valence-corrected chi connectivity index (χ2v) is 8.27. The zero-order valence-electron chi connectivity index (χ0n) is 18.8. The quantitative estimate of drug-likeness (QED) is 0.483. The third-order valence-electron chi connectivity index (χ3n) is 5.83. The fraction of sp³-hybridized carbons (Fsp3) is 0.214. The summed E-state index contributed by atoms with van der Waals surface area (Å²) in [5.74, 6) is -0.388. The van der Waals surface area contributed by atoms with E-state index >= 15 is 0 Å². The van der Waals surface area contributed by atoms with Gasteiger partial charge < -0.3 is 15.5 Å². The Labute approximate surface area is 195 Å². The smallest absolute Gasteiger partial charge is 0.253 e. The number of amides is 2. The molecule has 0 spiro atoms. The number of nitrogens with one attached hydrogen (secondary N) is 2. The number of carbonyl (C=O) groups is 2. The van der Waals surface area contributed by atoms with E-state index in [-0.39, 0.29) is 17.9 Å². The van der Waals surface area contributed by atoms with Gasteiger partial charge >= 0.3 is 0 Å². The maximum absolute atomic E-state index is 13.3. The van der Waals surface area contributed by atoms with Crippen molar-refractivity contribution in [3.8, 4) is 0 Å². The second kappa shape index (κ2) is 10.6. The van der Waals surface area contributed by atoms with Gasteiger partial charge in [-0.3, -0.25) is 9.59 Å². The molecule has 5 heteroatoms. The van der Waals surface area contributed by atoms with Crippen molar-refractivity contribution in [2.45, 2.75) is 25.8 Å². The van der Waals surface area contributed by atoms with Gasteiger partial charge in [0.1, 0.15) is 0 Å². The Morgan fingerprint density at radius 2 is 1.58 bits per heavy atom. The van der Waals surface area contributed by atoms with E-state index in [4.69, 9.17) is 0 Å². The Balaban J connectivity index is 1.53. The maximum atomic E-state index is 13.3. The summed E-state index contributed by atoms with van der Waals surface area (Å²) in [6.07, 6.45) is 5.50. The molecule has 4 rings (SSSR count). The zero-order valence-corrected chi connectivity index (χ0v) is 18.8. The van der Waals surface area contributed by atoms with E-state index in [0.29, 0.717) is 11.3 Å². The lowest BCUT2D eigenvalue weighted by molar-refractivity contribution is -0.111. The van der Waals surface area contributed by atoms with Crippen LogP contribution in [-0.2, 0) is 4.79 Å². The summed E-state index contributed by atoms with van der Waals surface area (Å²) in [6.45, 7) is 3.84. The predicted octanol–water partition coefficient (Wildman–Crippen LogP) is 5.43. The number of rotatable bonds is 7. The van der Waals surface area contributed by atoms with Crippen molar-refractivity contribution in [3.63, 3.8) is 0 Å². The highest BCUT2D eigenvalue weighted by Crippen LogP contribution is 2.28.